The second-order valence-electron chi connectivity index (χ2n) is 1.79. The molecule has 0 heterocycles. The van der Waals surface area contributed by atoms with Crippen molar-refractivity contribution >= 4 is 18.1 Å². The number of hydrogen-bond acceptors (Lipinski definition) is 3. The molecule has 0 radical (unpaired) electrons. The van der Waals surface area contributed by atoms with E-state index in [4.69, 9.17) is 5.53 Å². The second kappa shape index (κ2) is 2.87. The topological polar surface area (TPSA) is 48.6 Å². The van der Waals surface area contributed by atoms with Gasteiger partial charge < -0.3 is 0 Å². The zero-order valence-electron chi connectivity index (χ0n) is 5.41. The van der Waals surface area contributed by atoms with Gasteiger partial charge in [-0.2, -0.15) is 5.11 Å². The summed E-state index contributed by atoms with van der Waals surface area (Å²) in [6.45, 7) is 3.36. The van der Waals surface area contributed by atoms with Gasteiger partial charge >= 0.3 is 0 Å². The molecule has 0 spiro atoms. The van der Waals surface area contributed by atoms with Crippen LogP contribution in [0.5, 0.6) is 0 Å². The first-order valence-electron chi connectivity index (χ1n) is 2.81. The third-order valence-electron chi connectivity index (χ3n) is 1.16. The van der Waals surface area contributed by atoms with Crippen LogP contribution in [0.15, 0.2) is 34.4 Å². The van der Waals surface area contributed by atoms with Crippen LogP contribution in [0.25, 0.3) is 0 Å². The number of nitrogens with zero attached hydrogens (tertiary/aromatic N) is 2. The molecule has 0 saturated heterocycles. The lowest BCUT2D eigenvalue weighted by Crippen LogP contribution is -1.61. The van der Waals surface area contributed by atoms with E-state index < -0.39 is 0 Å². The Labute approximate surface area is 58.9 Å². The van der Waals surface area contributed by atoms with Crippen LogP contribution in [0, 0.1) is 5.53 Å². The van der Waals surface area contributed by atoms with Crippen molar-refractivity contribution in [1.82, 2.24) is 0 Å². The Bertz CT molecular complexity index is 211. The minimum atomic E-state index is 0.632. The predicted molar refractivity (Wildman–Crippen MR) is 40.5 cm³/mol. The molecule has 10 heavy (non-hydrogen) atoms. The molecule has 3 heteroatoms. The van der Waals surface area contributed by atoms with Gasteiger partial charge in [-0.1, -0.05) is 0 Å². The van der Waals surface area contributed by atoms with Gasteiger partial charge in [-0.05, 0) is 31.0 Å². The molecule has 1 N–H and O–H groups in total. The lowest BCUT2D eigenvalue weighted by molar-refractivity contribution is 1.15. The zero-order chi connectivity index (χ0) is 7.40. The van der Waals surface area contributed by atoms with E-state index in [1.54, 1.807) is 24.3 Å². The predicted octanol–water partition coefficient (Wildman–Crippen LogP) is 2.68. The molecule has 50 valence electrons. The van der Waals surface area contributed by atoms with Crippen LogP contribution >= 0.6 is 0 Å². The van der Waals surface area contributed by atoms with Crippen molar-refractivity contribution in [2.45, 2.75) is 0 Å². The molecule has 1 aromatic rings. The van der Waals surface area contributed by atoms with Crippen molar-refractivity contribution in [2.75, 3.05) is 0 Å². The molecule has 0 bridgehead atoms. The van der Waals surface area contributed by atoms with Crippen LogP contribution in [0.4, 0.5) is 11.4 Å². The minimum Gasteiger partial charge on any atom is -0.265 e. The summed E-state index contributed by atoms with van der Waals surface area (Å²) >= 11 is 0. The van der Waals surface area contributed by atoms with Crippen molar-refractivity contribution in [3.8, 4) is 0 Å². The van der Waals surface area contributed by atoms with Gasteiger partial charge in [0.1, 0.15) is 0 Å². The highest BCUT2D eigenvalue weighted by atomic mass is 15.0. The summed E-state index contributed by atoms with van der Waals surface area (Å²) in [4.78, 5) is 3.69. The fourth-order valence-corrected chi connectivity index (χ4v) is 0.633. The van der Waals surface area contributed by atoms with Gasteiger partial charge in [0.05, 0.1) is 11.4 Å². The summed E-state index contributed by atoms with van der Waals surface area (Å²) in [5.74, 6) is 0. The lowest BCUT2D eigenvalue weighted by Gasteiger charge is -1.90. The van der Waals surface area contributed by atoms with Crippen molar-refractivity contribution < 1.29 is 0 Å². The molecule has 0 amide bonds. The smallest absolute Gasteiger partial charge is 0.0851 e. The van der Waals surface area contributed by atoms with Crippen LogP contribution < -0.4 is 0 Å². The molecule has 0 fully saturated rings. The third kappa shape index (κ3) is 1.25. The summed E-state index contributed by atoms with van der Waals surface area (Å²) in [7, 11) is 0. The maximum absolute atomic E-state index is 6.65. The van der Waals surface area contributed by atoms with Crippen LogP contribution in [0.2, 0.25) is 0 Å². The summed E-state index contributed by atoms with van der Waals surface area (Å²) in [6, 6.07) is 6.97. The van der Waals surface area contributed by atoms with E-state index in [9.17, 15) is 0 Å². The number of nitrogens with one attached hydrogen (secondary N) is 1. The van der Waals surface area contributed by atoms with Gasteiger partial charge in [0.2, 0.25) is 0 Å². The normalized spacial score (nSPS) is 8.80. The molecular weight excluding hydrogens is 126 g/mol. The Kier molecular flexibility index (Phi) is 1.89. The first-order valence-corrected chi connectivity index (χ1v) is 2.81. The Morgan fingerprint density at radius 1 is 1.10 bits per heavy atom. The Morgan fingerprint density at radius 2 is 1.60 bits per heavy atom. The maximum Gasteiger partial charge on any atom is 0.0851 e. The van der Waals surface area contributed by atoms with Gasteiger partial charge in [-0.15, -0.1) is 0 Å². The van der Waals surface area contributed by atoms with E-state index >= 15 is 0 Å². The molecule has 0 atom stereocenters. The molecule has 0 aliphatic rings. The SMILES string of the molecule is C=Nc1ccc(N=N)cc1. The molecule has 0 aliphatic carbocycles. The van der Waals surface area contributed by atoms with Crippen molar-refractivity contribution in [2.24, 2.45) is 10.1 Å². The highest BCUT2D eigenvalue weighted by Crippen LogP contribution is 2.16. The zero-order valence-corrected chi connectivity index (χ0v) is 5.41. The molecule has 1 rings (SSSR count). The molecule has 0 unspecified atom stereocenters. The van der Waals surface area contributed by atoms with Crippen molar-refractivity contribution in [3.63, 3.8) is 0 Å². The Balaban J connectivity index is 3.00. The Morgan fingerprint density at radius 3 is 2.00 bits per heavy atom. The van der Waals surface area contributed by atoms with E-state index in [1.165, 1.54) is 0 Å². The van der Waals surface area contributed by atoms with Crippen LogP contribution in [0.1, 0.15) is 0 Å². The number of rotatable bonds is 2. The van der Waals surface area contributed by atoms with E-state index in [2.05, 4.69) is 16.8 Å². The number of hydrogen-bond donors (Lipinski definition) is 1. The van der Waals surface area contributed by atoms with E-state index in [0.29, 0.717) is 5.69 Å². The van der Waals surface area contributed by atoms with Gasteiger partial charge in [-0.3, -0.25) is 4.99 Å². The van der Waals surface area contributed by atoms with E-state index in [-0.39, 0.29) is 0 Å². The number of benzene rings is 1. The standard InChI is InChI=1S/C7H7N3/c1-9-6-2-4-7(10-8)5-3-6/h2-5,8H,1H2. The van der Waals surface area contributed by atoms with Gasteiger partial charge in [0.15, 0.2) is 0 Å². The van der Waals surface area contributed by atoms with Gasteiger partial charge in [0.25, 0.3) is 0 Å². The lowest BCUT2D eigenvalue weighted by atomic mass is 10.3. The van der Waals surface area contributed by atoms with Gasteiger partial charge in [-0.25, -0.2) is 5.53 Å². The van der Waals surface area contributed by atoms with E-state index in [1.807, 2.05) is 0 Å². The fraction of sp³-hybridized carbons (Fsp3) is 0. The summed E-state index contributed by atoms with van der Waals surface area (Å²) in [6.07, 6.45) is 0. The van der Waals surface area contributed by atoms with Crippen molar-refractivity contribution in [1.29, 1.82) is 5.53 Å². The fourth-order valence-electron chi connectivity index (χ4n) is 0.633. The third-order valence-corrected chi connectivity index (χ3v) is 1.16. The first-order chi connectivity index (χ1) is 4.86. The van der Waals surface area contributed by atoms with Crippen LogP contribution in [-0.4, -0.2) is 6.72 Å². The average molecular weight is 133 g/mol. The summed E-state index contributed by atoms with van der Waals surface area (Å²) in [5.41, 5.74) is 8.08. The van der Waals surface area contributed by atoms with Crippen LogP contribution in [0.3, 0.4) is 0 Å². The molecule has 1 aromatic carbocycles. The molecule has 0 aliphatic heterocycles. The summed E-state index contributed by atoms with van der Waals surface area (Å²) in [5, 5.41) is 3.23. The molecule has 3 nitrogen and oxygen atoms in total. The molecule has 0 aromatic heterocycles. The number of aliphatic imine (C=N–C) groups is 1. The van der Waals surface area contributed by atoms with Gasteiger partial charge in [0, 0.05) is 0 Å². The average Bonchev–Trinajstić information content (AvgIpc) is 2.05. The largest absolute Gasteiger partial charge is 0.265 e. The van der Waals surface area contributed by atoms with Crippen LogP contribution in [-0.2, 0) is 0 Å². The van der Waals surface area contributed by atoms with Crippen molar-refractivity contribution in [3.05, 3.63) is 24.3 Å². The highest BCUT2D eigenvalue weighted by Gasteiger charge is 1.87. The maximum atomic E-state index is 6.65. The minimum absolute atomic E-state index is 0.632. The molecule has 0 saturated carbocycles. The Hall–Kier alpha value is -1.51. The molecular formula is C7H7N3. The monoisotopic (exact) mass is 133 g/mol. The highest BCUT2D eigenvalue weighted by molar-refractivity contribution is 5.50. The summed E-state index contributed by atoms with van der Waals surface area (Å²) < 4.78 is 0. The quantitative estimate of drug-likeness (QED) is 0.476. The first kappa shape index (κ1) is 6.61. The van der Waals surface area contributed by atoms with E-state index in [0.717, 1.165) is 5.69 Å². The second-order valence-corrected chi connectivity index (χ2v) is 1.79.